The number of carbonyl (C=O) groups is 11. The Morgan fingerprint density at radius 3 is 1.03 bits per heavy atom. The SMILES string of the molecule is [CH2-]P(=O)(OC)OC[C@@H]1C[C@@H](C)CN1C(=O)CCCCCCCCCCC(=O)CC(COCCC(=O)NCCCNC(=O)CCCCOC1OC(CO)C(O)C(O)C1NC(C)=O)(COCCC(=O)NCCCNC(=O)CCCCOC1OC(CO)C(O)C(O)C1NC(C)=O)COCCC(=O)NCCCNC(=O)CCCCOC1OC(CO)C(O)C(O)C1NC(C)=O. The molecule has 0 aromatic rings. The molecule has 0 aromatic carbocycles. The van der Waals surface area contributed by atoms with E-state index in [1.165, 1.54) is 27.9 Å². The van der Waals surface area contributed by atoms with Crippen LogP contribution < -0.4 is 47.9 Å². The van der Waals surface area contributed by atoms with Gasteiger partial charge in [0, 0.05) is 157 Å². The number of ether oxygens (including phenoxy) is 9. The number of Topliss-reactive ketones (excluding diaryl/α,β-unsaturated/α-hetero) is 1. The molecule has 16 unspecified atom stereocenters. The fourth-order valence-electron chi connectivity index (χ4n) is 14.6. The Kier molecular flexibility index (Phi) is 55.9. The van der Waals surface area contributed by atoms with Crippen LogP contribution in [0.25, 0.3) is 0 Å². The number of nitrogens with one attached hydrogen (secondary N) is 9. The van der Waals surface area contributed by atoms with Crippen molar-refractivity contribution in [1.29, 1.82) is 0 Å². The molecule has 0 aromatic heterocycles. The molecule has 4 saturated heterocycles. The van der Waals surface area contributed by atoms with Crippen LogP contribution in [0.2, 0.25) is 0 Å². The second kappa shape index (κ2) is 62.9. The molecule has 4 aliphatic rings. The van der Waals surface area contributed by atoms with E-state index in [1.807, 2.05) is 4.90 Å². The van der Waals surface area contributed by atoms with Gasteiger partial charge in [0.05, 0.1) is 72.1 Å². The van der Waals surface area contributed by atoms with Crippen molar-refractivity contribution in [1.82, 2.24) is 52.8 Å². The Morgan fingerprint density at radius 1 is 0.416 bits per heavy atom. The van der Waals surface area contributed by atoms with Gasteiger partial charge >= 0.3 is 0 Å². The van der Waals surface area contributed by atoms with Crippen molar-refractivity contribution in [2.45, 2.75) is 299 Å². The average molecular weight is 1820 g/mol. The normalized spacial score (nSPS) is 25.3. The first-order valence-corrected chi connectivity index (χ1v) is 45.8. The Bertz CT molecular complexity index is 2970. The summed E-state index contributed by atoms with van der Waals surface area (Å²) in [6, 6.07) is -3.50. The van der Waals surface area contributed by atoms with Crippen LogP contribution in [0.4, 0.5) is 0 Å². The fraction of sp³-hybridized carbons (Fsp3) is 0.854. The van der Waals surface area contributed by atoms with Crippen LogP contribution in [0.3, 0.4) is 0 Å². The van der Waals surface area contributed by atoms with Gasteiger partial charge in [-0.05, 0) is 83.0 Å². The first kappa shape index (κ1) is 111. The molecule has 18 atom stereocenters. The van der Waals surface area contributed by atoms with Gasteiger partial charge < -0.3 is 150 Å². The predicted octanol–water partition coefficient (Wildman–Crippen LogP) is -1.80. The average Bonchev–Trinajstić information content (AvgIpc) is 0.914. The number of carbonyl (C=O) groups excluding carboxylic acids is 11. The summed E-state index contributed by atoms with van der Waals surface area (Å²) in [4.78, 5) is 142. The number of likely N-dealkylation sites (tertiary alicyclic amines) is 1. The smallest absolute Gasteiger partial charge is 0.222 e. The van der Waals surface area contributed by atoms with Crippen molar-refractivity contribution < 1.29 is 155 Å². The van der Waals surface area contributed by atoms with Crippen molar-refractivity contribution in [2.75, 3.05) is 139 Å². The van der Waals surface area contributed by atoms with Gasteiger partial charge in [-0.25, -0.2) is 6.66 Å². The second-order valence-electron chi connectivity index (χ2n) is 32.5. The summed E-state index contributed by atoms with van der Waals surface area (Å²) in [6.07, 6.45) is -4.24. The minimum Gasteiger partial charge on any atom is -0.394 e. The highest BCUT2D eigenvalue weighted by Gasteiger charge is 2.48. The van der Waals surface area contributed by atoms with Crippen LogP contribution in [0.15, 0.2) is 0 Å². The van der Waals surface area contributed by atoms with E-state index in [4.69, 9.17) is 51.7 Å². The highest BCUT2D eigenvalue weighted by atomic mass is 31.2. The molecule has 4 fully saturated rings. The van der Waals surface area contributed by atoms with E-state index in [0.717, 1.165) is 51.4 Å². The van der Waals surface area contributed by atoms with E-state index in [0.29, 0.717) is 77.2 Å². The van der Waals surface area contributed by atoms with Crippen LogP contribution in [-0.4, -0.2) is 352 Å². The summed E-state index contributed by atoms with van der Waals surface area (Å²) < 4.78 is 75.0. The third-order valence-corrected chi connectivity index (χ3v) is 22.6. The monoisotopic (exact) mass is 1810 g/mol. The van der Waals surface area contributed by atoms with Crippen LogP contribution in [-0.2, 0) is 109 Å². The number of amides is 10. The zero-order valence-electron chi connectivity index (χ0n) is 73.6. The molecule has 722 valence electrons. The van der Waals surface area contributed by atoms with Crippen molar-refractivity contribution in [3.63, 3.8) is 0 Å². The number of hydrogen-bond donors (Lipinski definition) is 18. The molecule has 125 heavy (non-hydrogen) atoms. The topological polar surface area (TPSA) is 600 Å². The Morgan fingerprint density at radius 2 is 0.720 bits per heavy atom. The lowest BCUT2D eigenvalue weighted by atomic mass is 9.84. The van der Waals surface area contributed by atoms with E-state index in [2.05, 4.69) is 61.4 Å². The largest absolute Gasteiger partial charge is 0.394 e. The highest BCUT2D eigenvalue weighted by Crippen LogP contribution is 2.46. The quantitative estimate of drug-likeness (QED) is 0.0181. The zero-order valence-corrected chi connectivity index (χ0v) is 74.5. The molecule has 4 heterocycles. The summed E-state index contributed by atoms with van der Waals surface area (Å²) in [5.74, 6) is -3.14. The number of aliphatic hydroxyl groups is 9. The predicted molar refractivity (Wildman–Crippen MR) is 447 cm³/mol. The van der Waals surface area contributed by atoms with Crippen LogP contribution >= 0.6 is 7.60 Å². The molecule has 0 aliphatic carbocycles. The highest BCUT2D eigenvalue weighted by molar-refractivity contribution is 7.55. The minimum absolute atomic E-state index is 0.0309. The molecular weight excluding hydrogens is 1670 g/mol. The van der Waals surface area contributed by atoms with E-state index in [9.17, 15) is 103 Å². The van der Waals surface area contributed by atoms with E-state index in [1.54, 1.807) is 0 Å². The van der Waals surface area contributed by atoms with Gasteiger partial charge in [0.25, 0.3) is 0 Å². The molecule has 42 nitrogen and oxygen atoms in total. The van der Waals surface area contributed by atoms with Gasteiger partial charge in [0.2, 0.25) is 59.1 Å². The van der Waals surface area contributed by atoms with Gasteiger partial charge in [0.1, 0.15) is 78.8 Å². The number of unbranched alkanes of at least 4 members (excludes halogenated alkanes) is 10. The molecule has 0 radical (unpaired) electrons. The minimum atomic E-state index is -3.44. The summed E-state index contributed by atoms with van der Waals surface area (Å²) in [7, 11) is -2.17. The van der Waals surface area contributed by atoms with Crippen LogP contribution in [0.5, 0.6) is 0 Å². The maximum atomic E-state index is 14.2. The molecule has 18 N–H and O–H groups in total. The summed E-state index contributed by atoms with van der Waals surface area (Å²) in [5.41, 5.74) is -1.19. The van der Waals surface area contributed by atoms with E-state index >= 15 is 0 Å². The third kappa shape index (κ3) is 45.3. The van der Waals surface area contributed by atoms with Crippen molar-refractivity contribution in [2.24, 2.45) is 11.3 Å². The first-order valence-electron chi connectivity index (χ1n) is 44.1. The Hall–Kier alpha value is -6.20. The standard InChI is InChI=1S/C82H146N10O32P/c1-54-44-58(50-121-125(6,113)114-5)92(46-54)69(106)28-14-12-10-8-7-9-11-13-24-59(99)45-82(51-115-41-29-66(103)86-35-21-32-83-63(100)25-15-18-38-118-79-70(89-55(2)96)76(110)73(107)60(47-93)122-79,52-116-42-30-67(104)87-36-22-33-84-64(101)26-16-19-39-119-80-71(90-56(3)97)77(111)74(108)61(48-94)123-80)53-117-43-31-68(105)88-37-23-34-85-65(102)27-17-20-40-120-81-72(91-57(4)98)78(112)75(109)62(49-95)124-81/h54,58,60-62,70-81,93-95,107-112H,6-53H2,1-5H3,(H,83,100)(H,84,101)(H,85,102)(H,86,103)(H,87,104)(H,88,105)(H,89,96)(H,90,97)(H,91,98)/q-1/t54-,58+,60?,61?,62?,70?,71?,72?,73?,74?,75?,76?,77?,78?,79?,80?,81?,82?,125?/m1/s1. The van der Waals surface area contributed by atoms with E-state index < -0.39 is 142 Å². The van der Waals surface area contributed by atoms with Crippen LogP contribution in [0.1, 0.15) is 201 Å². The number of ketones is 1. The number of rotatable bonds is 68. The number of nitrogens with zero attached hydrogens (tertiary/aromatic N) is 1. The molecule has 0 bridgehead atoms. The number of aliphatic hydroxyl groups excluding tert-OH is 9. The Labute approximate surface area is 733 Å². The maximum Gasteiger partial charge on any atom is 0.222 e. The molecular formula is C82H146N10O32P-. The van der Waals surface area contributed by atoms with Crippen molar-refractivity contribution in [3.05, 3.63) is 6.66 Å². The van der Waals surface area contributed by atoms with Gasteiger partial charge in [-0.2, -0.15) is 0 Å². The zero-order chi connectivity index (χ0) is 92.1. The maximum absolute atomic E-state index is 14.2. The molecule has 10 amide bonds. The van der Waals surface area contributed by atoms with E-state index in [-0.39, 0.29) is 216 Å². The Balaban J connectivity index is 1.31. The molecule has 4 aliphatic heterocycles. The van der Waals surface area contributed by atoms with Gasteiger partial charge in [0.15, 0.2) is 26.5 Å². The van der Waals surface area contributed by atoms with Gasteiger partial charge in [-0.1, -0.05) is 45.4 Å². The lowest BCUT2D eigenvalue weighted by Crippen LogP contribution is -2.64. The fourth-order valence-corrected chi connectivity index (χ4v) is 15.1. The second-order valence-corrected chi connectivity index (χ2v) is 34.4. The van der Waals surface area contributed by atoms with Gasteiger partial charge in [-0.15, -0.1) is 0 Å². The molecule has 4 rings (SSSR count). The van der Waals surface area contributed by atoms with Crippen LogP contribution in [0, 0.1) is 18.0 Å². The lowest BCUT2D eigenvalue weighted by molar-refractivity contribution is -0.270. The van der Waals surface area contributed by atoms with Crippen molar-refractivity contribution in [3.8, 4) is 0 Å². The van der Waals surface area contributed by atoms with Gasteiger partial charge in [-0.3, -0.25) is 57.3 Å². The summed E-state index contributed by atoms with van der Waals surface area (Å²) in [6.45, 7) is 8.99. The third-order valence-electron chi connectivity index (χ3n) is 21.5. The summed E-state index contributed by atoms with van der Waals surface area (Å²) >= 11 is 0. The molecule has 0 saturated carbocycles. The molecule has 0 spiro atoms. The van der Waals surface area contributed by atoms with Crippen molar-refractivity contribution >= 4 is 72.5 Å². The number of hydrogen-bond acceptors (Lipinski definition) is 32. The summed E-state index contributed by atoms with van der Waals surface area (Å²) in [5, 5.41) is 116. The molecule has 43 heteroatoms. The first-order chi connectivity index (χ1) is 59.8. The lowest BCUT2D eigenvalue weighted by Gasteiger charge is -2.42.